The van der Waals surface area contributed by atoms with E-state index in [2.05, 4.69) is 0 Å². The van der Waals surface area contributed by atoms with Gasteiger partial charge in [-0.2, -0.15) is 5.10 Å². The molecule has 1 spiro atoms. The largest absolute Gasteiger partial charge is 0.497 e. The SMILES string of the molecule is COc1ccc(C(=O)[C@@H]2[C@@H](c3ccccc3)C3(C(=O)c4ccccc4C3=O)[C@H]3c4ccccc4C=NN23)cc1. The summed E-state index contributed by atoms with van der Waals surface area (Å²) in [5, 5.41) is 6.50. The van der Waals surface area contributed by atoms with Crippen LogP contribution >= 0.6 is 0 Å². The molecule has 0 bridgehead atoms. The topological polar surface area (TPSA) is 76.0 Å². The summed E-state index contributed by atoms with van der Waals surface area (Å²) in [6, 6.07) is 29.4. The molecule has 0 radical (unpaired) electrons. The molecule has 0 amide bonds. The normalized spacial score (nSPS) is 22.0. The summed E-state index contributed by atoms with van der Waals surface area (Å²) in [6.45, 7) is 0. The molecule has 4 aromatic rings. The van der Waals surface area contributed by atoms with Crippen molar-refractivity contribution in [2.45, 2.75) is 18.0 Å². The minimum absolute atomic E-state index is 0.207. The van der Waals surface area contributed by atoms with E-state index in [0.29, 0.717) is 22.4 Å². The Morgan fingerprint density at radius 1 is 0.795 bits per heavy atom. The number of benzene rings is 4. The van der Waals surface area contributed by atoms with Crippen molar-refractivity contribution in [3.05, 3.63) is 137 Å². The van der Waals surface area contributed by atoms with E-state index in [1.807, 2.05) is 54.6 Å². The molecule has 2 heterocycles. The van der Waals surface area contributed by atoms with Crippen LogP contribution in [-0.4, -0.2) is 41.7 Å². The summed E-state index contributed by atoms with van der Waals surface area (Å²) in [7, 11) is 1.57. The molecule has 4 aromatic carbocycles. The highest BCUT2D eigenvalue weighted by Crippen LogP contribution is 2.64. The number of hydrogen-bond donors (Lipinski definition) is 0. The standard InChI is InChI=1S/C33H24N2O4/c1-39-23-17-15-21(16-18-23)29(36)28-27(20-9-3-2-4-10-20)33(31(37)25-13-7-8-14-26(25)32(33)38)30-24-12-6-5-11-22(24)19-34-35(28)30/h2-19,27-28,30H,1H3/t27-,28+,30-/m1/s1. The van der Waals surface area contributed by atoms with Crippen molar-refractivity contribution in [2.24, 2.45) is 10.5 Å². The Bertz CT molecular complexity index is 1640. The van der Waals surface area contributed by atoms with Crippen LogP contribution < -0.4 is 4.74 Å². The van der Waals surface area contributed by atoms with Gasteiger partial charge >= 0.3 is 0 Å². The van der Waals surface area contributed by atoms with Gasteiger partial charge in [-0.25, -0.2) is 0 Å². The van der Waals surface area contributed by atoms with Gasteiger partial charge < -0.3 is 4.74 Å². The molecule has 0 unspecified atom stereocenters. The second-order valence-electron chi connectivity index (χ2n) is 10.2. The van der Waals surface area contributed by atoms with Crippen LogP contribution in [-0.2, 0) is 0 Å². The number of hydrazone groups is 1. The fourth-order valence-corrected chi connectivity index (χ4v) is 6.74. The summed E-state index contributed by atoms with van der Waals surface area (Å²) in [5.41, 5.74) is 2.09. The van der Waals surface area contributed by atoms with Crippen molar-refractivity contribution in [2.75, 3.05) is 7.11 Å². The van der Waals surface area contributed by atoms with Gasteiger partial charge in [0, 0.05) is 22.6 Å². The fourth-order valence-electron chi connectivity index (χ4n) is 6.74. The number of nitrogens with zero attached hydrogens (tertiary/aromatic N) is 2. The lowest BCUT2D eigenvalue weighted by Crippen LogP contribution is -2.43. The quantitative estimate of drug-likeness (QED) is 0.267. The number of carbonyl (C=O) groups excluding carboxylic acids is 3. The third-order valence-electron chi connectivity index (χ3n) is 8.38. The molecule has 6 nitrogen and oxygen atoms in total. The monoisotopic (exact) mass is 512 g/mol. The molecule has 190 valence electrons. The van der Waals surface area contributed by atoms with Gasteiger partial charge in [-0.3, -0.25) is 19.4 Å². The lowest BCUT2D eigenvalue weighted by atomic mass is 9.63. The molecular formula is C33H24N2O4. The van der Waals surface area contributed by atoms with E-state index in [9.17, 15) is 14.4 Å². The first-order chi connectivity index (χ1) is 19.1. The van der Waals surface area contributed by atoms with Gasteiger partial charge in [0.15, 0.2) is 17.3 Å². The van der Waals surface area contributed by atoms with Crippen LogP contribution in [0.5, 0.6) is 5.75 Å². The molecule has 1 aliphatic carbocycles. The van der Waals surface area contributed by atoms with Crippen molar-refractivity contribution in [3.63, 3.8) is 0 Å². The molecule has 6 heteroatoms. The zero-order valence-electron chi connectivity index (χ0n) is 21.2. The van der Waals surface area contributed by atoms with E-state index in [1.54, 1.807) is 66.9 Å². The Kier molecular flexibility index (Phi) is 5.13. The fraction of sp³-hybridized carbons (Fsp3) is 0.152. The van der Waals surface area contributed by atoms with Gasteiger partial charge in [0.05, 0.1) is 19.4 Å². The van der Waals surface area contributed by atoms with Gasteiger partial charge in [0.2, 0.25) is 0 Å². The predicted octanol–water partition coefficient (Wildman–Crippen LogP) is 5.50. The Balaban J connectivity index is 1.52. The Hall–Kier alpha value is -4.84. The Morgan fingerprint density at radius 2 is 1.41 bits per heavy atom. The second kappa shape index (κ2) is 8.60. The summed E-state index contributed by atoms with van der Waals surface area (Å²) in [4.78, 5) is 43.7. The van der Waals surface area contributed by atoms with Gasteiger partial charge in [-0.15, -0.1) is 0 Å². The number of fused-ring (bicyclic) bond motifs is 5. The zero-order valence-corrected chi connectivity index (χ0v) is 21.2. The number of hydrogen-bond acceptors (Lipinski definition) is 6. The molecule has 39 heavy (non-hydrogen) atoms. The number of methoxy groups -OCH3 is 1. The second-order valence-corrected chi connectivity index (χ2v) is 10.2. The van der Waals surface area contributed by atoms with Crippen LogP contribution in [0, 0.1) is 5.41 Å². The van der Waals surface area contributed by atoms with E-state index in [4.69, 9.17) is 9.84 Å². The number of carbonyl (C=O) groups is 3. The van der Waals surface area contributed by atoms with Crippen molar-refractivity contribution >= 4 is 23.6 Å². The van der Waals surface area contributed by atoms with Crippen LogP contribution in [0.1, 0.15) is 59.7 Å². The molecule has 7 rings (SSSR count). The first kappa shape index (κ1) is 23.3. The lowest BCUT2D eigenvalue weighted by Gasteiger charge is -2.36. The highest BCUT2D eigenvalue weighted by Gasteiger charge is 2.72. The number of ketones is 3. The van der Waals surface area contributed by atoms with Crippen LogP contribution in [0.3, 0.4) is 0 Å². The van der Waals surface area contributed by atoms with E-state index >= 15 is 0 Å². The highest BCUT2D eigenvalue weighted by molar-refractivity contribution is 6.31. The molecule has 3 aliphatic rings. The van der Waals surface area contributed by atoms with E-state index in [-0.39, 0.29) is 17.3 Å². The summed E-state index contributed by atoms with van der Waals surface area (Å²) >= 11 is 0. The van der Waals surface area contributed by atoms with Gasteiger partial charge in [0.25, 0.3) is 0 Å². The Morgan fingerprint density at radius 3 is 2.08 bits per heavy atom. The van der Waals surface area contributed by atoms with Crippen molar-refractivity contribution < 1.29 is 19.1 Å². The maximum Gasteiger partial charge on any atom is 0.187 e. The maximum atomic E-state index is 14.6. The predicted molar refractivity (Wildman–Crippen MR) is 146 cm³/mol. The number of Topliss-reactive ketones (excluding diaryl/α,β-unsaturated/α-hetero) is 3. The molecule has 0 aromatic heterocycles. The highest BCUT2D eigenvalue weighted by atomic mass is 16.5. The minimum Gasteiger partial charge on any atom is -0.497 e. The third kappa shape index (κ3) is 3.08. The van der Waals surface area contributed by atoms with Gasteiger partial charge in [-0.1, -0.05) is 78.9 Å². The summed E-state index contributed by atoms with van der Waals surface area (Å²) in [6.07, 6.45) is 1.72. The first-order valence-corrected chi connectivity index (χ1v) is 12.9. The van der Waals surface area contributed by atoms with Crippen LogP contribution in [0.15, 0.2) is 108 Å². The molecular weight excluding hydrogens is 488 g/mol. The maximum absolute atomic E-state index is 14.6. The molecule has 2 aliphatic heterocycles. The molecule has 1 fully saturated rings. The van der Waals surface area contributed by atoms with Crippen molar-refractivity contribution in [1.82, 2.24) is 5.01 Å². The molecule has 0 N–H and O–H groups in total. The average Bonchev–Trinajstić information content (AvgIpc) is 3.43. The third-order valence-corrected chi connectivity index (χ3v) is 8.38. The first-order valence-electron chi connectivity index (χ1n) is 12.9. The van der Waals surface area contributed by atoms with Crippen molar-refractivity contribution in [3.8, 4) is 5.75 Å². The summed E-state index contributed by atoms with van der Waals surface area (Å²) < 4.78 is 5.30. The van der Waals surface area contributed by atoms with Crippen LogP contribution in [0.2, 0.25) is 0 Å². The van der Waals surface area contributed by atoms with E-state index in [0.717, 1.165) is 16.7 Å². The lowest BCUT2D eigenvalue weighted by molar-refractivity contribution is 0.0586. The smallest absolute Gasteiger partial charge is 0.187 e. The van der Waals surface area contributed by atoms with E-state index < -0.39 is 23.4 Å². The number of rotatable bonds is 4. The van der Waals surface area contributed by atoms with Crippen LogP contribution in [0.4, 0.5) is 0 Å². The summed E-state index contributed by atoms with van der Waals surface area (Å²) in [5.74, 6) is -0.864. The zero-order chi connectivity index (χ0) is 26.7. The van der Waals surface area contributed by atoms with Crippen LogP contribution in [0.25, 0.3) is 0 Å². The van der Waals surface area contributed by atoms with Crippen molar-refractivity contribution in [1.29, 1.82) is 0 Å². The molecule has 1 saturated heterocycles. The average molecular weight is 513 g/mol. The Labute approximate surface area is 225 Å². The minimum atomic E-state index is -1.56. The van der Waals surface area contributed by atoms with Gasteiger partial charge in [-0.05, 0) is 41.0 Å². The molecule has 3 atom stereocenters. The number of ether oxygens (including phenoxy) is 1. The van der Waals surface area contributed by atoms with E-state index in [1.165, 1.54) is 0 Å². The molecule has 0 saturated carbocycles. The van der Waals surface area contributed by atoms with Gasteiger partial charge in [0.1, 0.15) is 17.2 Å².